The number of hydrogen-bond donors (Lipinski definition) is 1. The van der Waals surface area contributed by atoms with Gasteiger partial charge in [0.25, 0.3) is 0 Å². The Kier molecular flexibility index (Phi) is 7.51. The zero-order chi connectivity index (χ0) is 23.9. The fourth-order valence-electron chi connectivity index (χ4n) is 3.74. The van der Waals surface area contributed by atoms with E-state index < -0.39 is 6.61 Å². The van der Waals surface area contributed by atoms with Gasteiger partial charge < -0.3 is 9.67 Å². The predicted octanol–water partition coefficient (Wildman–Crippen LogP) is 3.53. The van der Waals surface area contributed by atoms with Crippen molar-refractivity contribution in [1.82, 2.24) is 24.4 Å². The summed E-state index contributed by atoms with van der Waals surface area (Å²) in [5, 5.41) is 9.23. The van der Waals surface area contributed by atoms with Gasteiger partial charge in [0.15, 0.2) is 11.6 Å². The molecule has 4 rings (SSSR count). The minimum Gasteiger partial charge on any atom is -0.388 e. The monoisotopic (exact) mass is 459 g/mol. The standard InChI is InChI=1S/C26H26FN5O2/c1-31(15-22-4-2-3-11-28-22)16-23-17-32(13-10-19-5-7-21(27)8-6-19)26(30-23)24-14-20(9-12-29-24)25(34)18-33/h2-9,11-12,14,17,33H,10,13,15-16,18H2,1H3. The molecule has 3 heterocycles. The Labute approximate surface area is 197 Å². The van der Waals surface area contributed by atoms with Crippen LogP contribution in [0.25, 0.3) is 11.5 Å². The van der Waals surface area contributed by atoms with Gasteiger partial charge >= 0.3 is 0 Å². The summed E-state index contributed by atoms with van der Waals surface area (Å²) in [6, 6.07) is 15.5. The molecule has 1 N–H and O–H groups in total. The largest absolute Gasteiger partial charge is 0.388 e. The summed E-state index contributed by atoms with van der Waals surface area (Å²) in [6.07, 6.45) is 5.99. The van der Waals surface area contributed by atoms with Crippen molar-refractivity contribution >= 4 is 5.78 Å². The van der Waals surface area contributed by atoms with E-state index in [2.05, 4.69) is 14.9 Å². The number of ketones is 1. The molecule has 0 bridgehead atoms. The van der Waals surface area contributed by atoms with E-state index in [1.165, 1.54) is 12.1 Å². The van der Waals surface area contributed by atoms with Gasteiger partial charge in [-0.15, -0.1) is 0 Å². The van der Waals surface area contributed by atoms with Crippen LogP contribution in [0.1, 0.15) is 27.3 Å². The number of imidazole rings is 1. The molecule has 4 aromatic rings. The van der Waals surface area contributed by atoms with Gasteiger partial charge in [-0.2, -0.15) is 0 Å². The minimum absolute atomic E-state index is 0.264. The number of nitrogens with zero attached hydrogens (tertiary/aromatic N) is 5. The van der Waals surface area contributed by atoms with E-state index in [1.807, 2.05) is 36.0 Å². The maximum atomic E-state index is 13.3. The van der Waals surface area contributed by atoms with E-state index in [9.17, 15) is 14.3 Å². The van der Waals surface area contributed by atoms with Gasteiger partial charge in [-0.1, -0.05) is 18.2 Å². The first-order valence-corrected chi connectivity index (χ1v) is 11.0. The number of aliphatic hydroxyl groups is 1. The molecule has 8 heteroatoms. The summed E-state index contributed by atoms with van der Waals surface area (Å²) < 4.78 is 15.3. The minimum atomic E-state index is -0.563. The Balaban J connectivity index is 1.59. The van der Waals surface area contributed by atoms with Crippen molar-refractivity contribution in [2.24, 2.45) is 0 Å². The van der Waals surface area contributed by atoms with Crippen molar-refractivity contribution in [1.29, 1.82) is 0 Å². The topological polar surface area (TPSA) is 84.1 Å². The van der Waals surface area contributed by atoms with Gasteiger partial charge in [0.1, 0.15) is 18.1 Å². The van der Waals surface area contributed by atoms with Crippen molar-refractivity contribution in [2.45, 2.75) is 26.1 Å². The molecule has 0 saturated carbocycles. The zero-order valence-corrected chi connectivity index (χ0v) is 18.9. The third-order valence-corrected chi connectivity index (χ3v) is 5.43. The van der Waals surface area contributed by atoms with Crippen LogP contribution in [0.5, 0.6) is 0 Å². The molecule has 3 aromatic heterocycles. The number of aryl methyl sites for hydroxylation is 2. The van der Waals surface area contributed by atoms with E-state index in [0.29, 0.717) is 43.1 Å². The van der Waals surface area contributed by atoms with Gasteiger partial charge in [-0.3, -0.25) is 19.7 Å². The summed E-state index contributed by atoms with van der Waals surface area (Å²) in [4.78, 5) is 27.7. The highest BCUT2D eigenvalue weighted by molar-refractivity contribution is 5.97. The van der Waals surface area contributed by atoms with Crippen LogP contribution in [0, 0.1) is 5.82 Å². The Morgan fingerprint density at radius 2 is 1.82 bits per heavy atom. The fraction of sp³-hybridized carbons (Fsp3) is 0.231. The van der Waals surface area contributed by atoms with Gasteiger partial charge in [0.05, 0.1) is 11.4 Å². The number of aromatic nitrogens is 4. The van der Waals surface area contributed by atoms with Crippen LogP contribution in [0.4, 0.5) is 4.39 Å². The molecule has 0 unspecified atom stereocenters. The molecule has 0 aliphatic heterocycles. The first-order valence-electron chi connectivity index (χ1n) is 11.0. The van der Waals surface area contributed by atoms with Crippen LogP contribution in [-0.4, -0.2) is 49.0 Å². The average molecular weight is 460 g/mol. The maximum absolute atomic E-state index is 13.3. The number of aliphatic hydroxyl groups excluding tert-OH is 1. The Hall–Kier alpha value is -3.75. The van der Waals surface area contributed by atoms with E-state index in [4.69, 9.17) is 4.98 Å². The molecule has 1 aromatic carbocycles. The maximum Gasteiger partial charge on any atom is 0.188 e. The second kappa shape index (κ2) is 10.9. The highest BCUT2D eigenvalue weighted by Gasteiger charge is 2.15. The summed E-state index contributed by atoms with van der Waals surface area (Å²) in [7, 11) is 2.00. The summed E-state index contributed by atoms with van der Waals surface area (Å²) in [5.74, 6) is -0.000751. The SMILES string of the molecule is CN(Cc1ccccn1)Cc1cn(CCc2ccc(F)cc2)c(-c2cc(C(=O)CO)ccn2)n1. The molecular weight excluding hydrogens is 433 g/mol. The van der Waals surface area contributed by atoms with Gasteiger partial charge in [-0.25, -0.2) is 9.37 Å². The van der Waals surface area contributed by atoms with Gasteiger partial charge in [0, 0.05) is 43.8 Å². The lowest BCUT2D eigenvalue weighted by Crippen LogP contribution is -2.18. The molecule has 0 fully saturated rings. The lowest BCUT2D eigenvalue weighted by atomic mass is 10.1. The molecule has 0 spiro atoms. The molecule has 174 valence electrons. The van der Waals surface area contributed by atoms with E-state index in [0.717, 1.165) is 17.0 Å². The van der Waals surface area contributed by atoms with Crippen molar-refractivity contribution in [3.8, 4) is 11.5 Å². The second-order valence-electron chi connectivity index (χ2n) is 8.13. The molecule has 34 heavy (non-hydrogen) atoms. The molecule has 0 aliphatic carbocycles. The van der Waals surface area contributed by atoms with Crippen LogP contribution in [-0.2, 0) is 26.1 Å². The number of pyridine rings is 2. The van der Waals surface area contributed by atoms with Crippen molar-refractivity contribution in [2.75, 3.05) is 13.7 Å². The number of carbonyl (C=O) groups excluding carboxylic acids is 1. The van der Waals surface area contributed by atoms with E-state index in [-0.39, 0.29) is 11.6 Å². The number of hydrogen-bond acceptors (Lipinski definition) is 6. The zero-order valence-electron chi connectivity index (χ0n) is 18.9. The molecule has 0 radical (unpaired) electrons. The number of carbonyl (C=O) groups is 1. The van der Waals surface area contributed by atoms with Crippen LogP contribution >= 0.6 is 0 Å². The molecule has 0 aliphatic rings. The summed E-state index contributed by atoms with van der Waals surface area (Å²) >= 11 is 0. The van der Waals surface area contributed by atoms with Crippen molar-refractivity contribution in [3.05, 3.63) is 102 Å². The smallest absolute Gasteiger partial charge is 0.188 e. The normalized spacial score (nSPS) is 11.2. The van der Waals surface area contributed by atoms with Gasteiger partial charge in [-0.05, 0) is 55.4 Å². The highest BCUT2D eigenvalue weighted by atomic mass is 19.1. The van der Waals surface area contributed by atoms with E-state index >= 15 is 0 Å². The molecular formula is C26H26FN5O2. The average Bonchev–Trinajstić information content (AvgIpc) is 3.26. The van der Waals surface area contributed by atoms with Crippen molar-refractivity contribution < 1.29 is 14.3 Å². The molecule has 7 nitrogen and oxygen atoms in total. The number of Topliss-reactive ketones (excluding diaryl/α,β-unsaturated/α-hetero) is 1. The Bertz CT molecular complexity index is 1240. The Morgan fingerprint density at radius 3 is 2.56 bits per heavy atom. The van der Waals surface area contributed by atoms with Crippen LogP contribution in [0.2, 0.25) is 0 Å². The lowest BCUT2D eigenvalue weighted by Gasteiger charge is -2.14. The van der Waals surface area contributed by atoms with Crippen LogP contribution in [0.15, 0.2) is 73.2 Å². The van der Waals surface area contributed by atoms with E-state index in [1.54, 1.807) is 36.7 Å². The first-order chi connectivity index (χ1) is 16.5. The first kappa shape index (κ1) is 23.4. The second-order valence-corrected chi connectivity index (χ2v) is 8.13. The number of halogens is 1. The molecule has 0 saturated heterocycles. The van der Waals surface area contributed by atoms with Gasteiger partial charge in [0.2, 0.25) is 0 Å². The molecule has 0 amide bonds. The summed E-state index contributed by atoms with van der Waals surface area (Å²) in [5.41, 5.74) is 3.77. The van der Waals surface area contributed by atoms with Crippen LogP contribution < -0.4 is 0 Å². The number of benzene rings is 1. The van der Waals surface area contributed by atoms with Crippen LogP contribution in [0.3, 0.4) is 0 Å². The third kappa shape index (κ3) is 5.98. The molecule has 0 atom stereocenters. The third-order valence-electron chi connectivity index (χ3n) is 5.43. The number of rotatable bonds is 10. The predicted molar refractivity (Wildman–Crippen MR) is 126 cm³/mol. The van der Waals surface area contributed by atoms with Crippen molar-refractivity contribution in [3.63, 3.8) is 0 Å². The fourth-order valence-corrected chi connectivity index (χ4v) is 3.74. The lowest BCUT2D eigenvalue weighted by molar-refractivity contribution is 0.0903. The Morgan fingerprint density at radius 1 is 1.03 bits per heavy atom. The summed E-state index contributed by atoms with van der Waals surface area (Å²) in [6.45, 7) is 1.32. The quantitative estimate of drug-likeness (QED) is 0.365. The highest BCUT2D eigenvalue weighted by Crippen LogP contribution is 2.20.